The van der Waals surface area contributed by atoms with E-state index < -0.39 is 15.7 Å². The molecule has 1 N–H and O–H groups in total. The fraction of sp³-hybridized carbons (Fsp3) is 0.542. The number of aromatic nitrogens is 2. The molecule has 204 valence electrons. The first-order chi connectivity index (χ1) is 18.3. The van der Waals surface area contributed by atoms with E-state index in [9.17, 15) is 18.0 Å². The molecule has 4 heterocycles. The van der Waals surface area contributed by atoms with Crippen molar-refractivity contribution in [3.63, 3.8) is 0 Å². The Hall–Kier alpha value is -2.94. The van der Waals surface area contributed by atoms with Crippen LogP contribution < -0.4 is 5.32 Å². The van der Waals surface area contributed by atoms with Crippen LogP contribution in [-0.2, 0) is 35.5 Å². The SMILES string of the molecule is CC(=O)N1CCN(Cc2cnc(NC(=O)/C(=N/O[C@@H]3CCOC3)c3ccc(S(=O)(=O)C4CC4)nc3)s2)CC1. The van der Waals surface area contributed by atoms with Gasteiger partial charge in [0.1, 0.15) is 0 Å². The van der Waals surface area contributed by atoms with Gasteiger partial charge >= 0.3 is 0 Å². The number of anilines is 1. The van der Waals surface area contributed by atoms with E-state index in [2.05, 4.69) is 25.3 Å². The first-order valence-corrected chi connectivity index (χ1v) is 14.9. The summed E-state index contributed by atoms with van der Waals surface area (Å²) in [4.78, 5) is 43.8. The van der Waals surface area contributed by atoms with Gasteiger partial charge in [-0.2, -0.15) is 0 Å². The molecule has 1 aliphatic carbocycles. The minimum Gasteiger partial charge on any atom is -0.389 e. The molecule has 3 fully saturated rings. The number of nitrogens with one attached hydrogen (secondary N) is 1. The molecule has 2 aromatic rings. The Morgan fingerprint density at radius 3 is 2.58 bits per heavy atom. The number of amides is 2. The molecule has 38 heavy (non-hydrogen) atoms. The van der Waals surface area contributed by atoms with Crippen molar-refractivity contribution >= 4 is 43.8 Å². The van der Waals surface area contributed by atoms with E-state index >= 15 is 0 Å². The van der Waals surface area contributed by atoms with Crippen molar-refractivity contribution in [1.82, 2.24) is 19.8 Å². The number of pyridine rings is 1. The molecule has 3 aliphatic rings. The summed E-state index contributed by atoms with van der Waals surface area (Å²) >= 11 is 1.36. The number of sulfone groups is 1. The number of rotatable bonds is 9. The number of hydrogen-bond donors (Lipinski definition) is 1. The Labute approximate surface area is 224 Å². The molecule has 1 saturated carbocycles. The summed E-state index contributed by atoms with van der Waals surface area (Å²) in [6, 6.07) is 2.92. The minimum absolute atomic E-state index is 0.0117. The molecule has 2 aliphatic heterocycles. The molecule has 0 radical (unpaired) electrons. The lowest BCUT2D eigenvalue weighted by Gasteiger charge is -2.33. The van der Waals surface area contributed by atoms with Crippen LogP contribution in [-0.4, -0.2) is 96.5 Å². The van der Waals surface area contributed by atoms with Crippen LogP contribution in [0.2, 0.25) is 0 Å². The predicted octanol–water partition coefficient (Wildman–Crippen LogP) is 1.29. The Morgan fingerprint density at radius 1 is 1.16 bits per heavy atom. The monoisotopic (exact) mass is 562 g/mol. The third kappa shape index (κ3) is 6.37. The Kier molecular flexibility index (Phi) is 8.02. The smallest absolute Gasteiger partial charge is 0.280 e. The summed E-state index contributed by atoms with van der Waals surface area (Å²) in [7, 11) is -3.45. The Balaban J connectivity index is 1.26. The molecular formula is C24H30N6O6S2. The highest BCUT2D eigenvalue weighted by atomic mass is 32.2. The zero-order valence-electron chi connectivity index (χ0n) is 21.0. The van der Waals surface area contributed by atoms with E-state index in [0.717, 1.165) is 18.0 Å². The van der Waals surface area contributed by atoms with E-state index in [4.69, 9.17) is 9.57 Å². The van der Waals surface area contributed by atoms with Crippen molar-refractivity contribution in [3.8, 4) is 0 Å². The van der Waals surface area contributed by atoms with Gasteiger partial charge in [0.05, 0.1) is 18.5 Å². The summed E-state index contributed by atoms with van der Waals surface area (Å²) in [6.45, 7) is 6.13. The van der Waals surface area contributed by atoms with E-state index in [0.29, 0.717) is 62.8 Å². The van der Waals surface area contributed by atoms with E-state index in [-0.39, 0.29) is 28.0 Å². The average Bonchev–Trinajstić information content (AvgIpc) is 3.49. The van der Waals surface area contributed by atoms with E-state index in [1.165, 1.54) is 29.7 Å². The maximum absolute atomic E-state index is 13.2. The molecule has 0 aromatic carbocycles. The number of thiazole rings is 1. The van der Waals surface area contributed by atoms with Crippen molar-refractivity contribution in [2.75, 3.05) is 44.7 Å². The summed E-state index contributed by atoms with van der Waals surface area (Å²) < 4.78 is 30.3. The average molecular weight is 563 g/mol. The molecule has 0 spiro atoms. The quantitative estimate of drug-likeness (QED) is 0.353. The molecule has 14 heteroatoms. The number of nitrogens with zero attached hydrogens (tertiary/aromatic N) is 5. The zero-order valence-corrected chi connectivity index (χ0v) is 22.7. The highest BCUT2D eigenvalue weighted by molar-refractivity contribution is 7.92. The topological polar surface area (TPSA) is 143 Å². The predicted molar refractivity (Wildman–Crippen MR) is 140 cm³/mol. The second-order valence-electron chi connectivity index (χ2n) is 9.53. The van der Waals surface area contributed by atoms with Gasteiger partial charge in [-0.25, -0.2) is 18.4 Å². The van der Waals surface area contributed by atoms with Crippen LogP contribution in [0.3, 0.4) is 0 Å². The lowest BCUT2D eigenvalue weighted by atomic mass is 10.2. The summed E-state index contributed by atoms with van der Waals surface area (Å²) in [5.41, 5.74) is 0.299. The standard InChI is InChI=1S/C24H30N6O6S2/c1-16(31)30-9-7-29(8-10-30)14-19-13-26-24(37-19)27-23(32)22(28-36-18-6-11-35-15-18)17-2-5-21(25-12-17)38(33,34)20-3-4-20/h2,5,12-13,18,20H,3-4,6-11,14-15H2,1H3,(H,26,27,32)/b28-22+/t18-/m1/s1. The van der Waals surface area contributed by atoms with Crippen molar-refractivity contribution in [2.24, 2.45) is 5.16 Å². The van der Waals surface area contributed by atoms with Gasteiger partial charge in [0.25, 0.3) is 5.91 Å². The maximum Gasteiger partial charge on any atom is 0.280 e. The number of oxime groups is 1. The van der Waals surface area contributed by atoms with Gasteiger partial charge in [0.2, 0.25) is 5.91 Å². The third-order valence-electron chi connectivity index (χ3n) is 6.63. The fourth-order valence-electron chi connectivity index (χ4n) is 4.22. The van der Waals surface area contributed by atoms with Gasteiger partial charge in [0, 0.05) is 68.9 Å². The first kappa shape index (κ1) is 26.7. The van der Waals surface area contributed by atoms with Crippen molar-refractivity contribution in [3.05, 3.63) is 35.0 Å². The first-order valence-electron chi connectivity index (χ1n) is 12.6. The second-order valence-corrected chi connectivity index (χ2v) is 12.8. The van der Waals surface area contributed by atoms with Gasteiger partial charge in [-0.05, 0) is 25.0 Å². The van der Waals surface area contributed by atoms with Crippen LogP contribution >= 0.6 is 11.3 Å². The van der Waals surface area contributed by atoms with Crippen molar-refractivity contribution in [2.45, 2.75) is 49.1 Å². The highest BCUT2D eigenvalue weighted by Crippen LogP contribution is 2.32. The summed E-state index contributed by atoms with van der Waals surface area (Å²) in [5.74, 6) is -0.455. The number of carbonyl (C=O) groups excluding carboxylic acids is 2. The number of carbonyl (C=O) groups is 2. The zero-order chi connectivity index (χ0) is 26.7. The molecule has 0 bridgehead atoms. The molecule has 0 unspecified atom stereocenters. The van der Waals surface area contributed by atoms with Crippen LogP contribution in [0.15, 0.2) is 34.7 Å². The largest absolute Gasteiger partial charge is 0.389 e. The Morgan fingerprint density at radius 2 is 1.95 bits per heavy atom. The van der Waals surface area contributed by atoms with Crippen LogP contribution in [0.1, 0.15) is 36.6 Å². The number of hydrogen-bond acceptors (Lipinski definition) is 11. The fourth-order valence-corrected chi connectivity index (χ4v) is 6.63. The normalized spacial score (nSPS) is 20.9. The summed E-state index contributed by atoms with van der Waals surface area (Å²) in [5, 5.41) is 6.90. The van der Waals surface area contributed by atoms with Crippen molar-refractivity contribution in [1.29, 1.82) is 0 Å². The molecule has 2 amide bonds. The number of piperazine rings is 1. The third-order valence-corrected chi connectivity index (χ3v) is 9.70. The number of ether oxygens (including phenoxy) is 1. The lowest BCUT2D eigenvalue weighted by molar-refractivity contribution is -0.130. The van der Waals surface area contributed by atoms with Gasteiger partial charge in [-0.15, -0.1) is 11.3 Å². The molecule has 12 nitrogen and oxygen atoms in total. The van der Waals surface area contributed by atoms with Gasteiger partial charge in [-0.3, -0.25) is 19.8 Å². The molecule has 1 atom stereocenters. The second kappa shape index (κ2) is 11.4. The van der Waals surface area contributed by atoms with Crippen LogP contribution in [0.5, 0.6) is 0 Å². The van der Waals surface area contributed by atoms with Crippen molar-refractivity contribution < 1.29 is 27.6 Å². The summed E-state index contributed by atoms with van der Waals surface area (Å²) in [6.07, 6.45) is 4.72. The molecule has 5 rings (SSSR count). The van der Waals surface area contributed by atoms with Crippen LogP contribution in [0.4, 0.5) is 5.13 Å². The van der Waals surface area contributed by atoms with E-state index in [1.54, 1.807) is 13.1 Å². The van der Waals surface area contributed by atoms with Crippen LogP contribution in [0, 0.1) is 0 Å². The van der Waals surface area contributed by atoms with Crippen LogP contribution in [0.25, 0.3) is 0 Å². The Bertz CT molecular complexity index is 1290. The highest BCUT2D eigenvalue weighted by Gasteiger charge is 2.38. The molecule has 2 aromatic heterocycles. The molecule has 2 saturated heterocycles. The van der Waals surface area contributed by atoms with Gasteiger partial charge in [-0.1, -0.05) is 5.16 Å². The maximum atomic E-state index is 13.2. The van der Waals surface area contributed by atoms with E-state index in [1.807, 2.05) is 4.90 Å². The lowest BCUT2D eigenvalue weighted by Crippen LogP contribution is -2.47. The molecular weight excluding hydrogens is 532 g/mol. The van der Waals surface area contributed by atoms with Gasteiger partial charge < -0.3 is 14.5 Å². The minimum atomic E-state index is -3.45. The van der Waals surface area contributed by atoms with Gasteiger partial charge in [0.15, 0.2) is 31.8 Å².